The number of carbonyl (C=O) groups excluding carboxylic acids is 1. The number of ether oxygens (including phenoxy) is 2. The third kappa shape index (κ3) is 7.82. The topological polar surface area (TPSA) is 71.0 Å². The molecule has 0 aromatic heterocycles. The zero-order valence-electron chi connectivity index (χ0n) is 21.0. The van der Waals surface area contributed by atoms with Crippen LogP contribution in [0.15, 0.2) is 48.5 Å². The van der Waals surface area contributed by atoms with E-state index in [9.17, 15) is 9.90 Å². The van der Waals surface area contributed by atoms with Gasteiger partial charge in [-0.2, -0.15) is 0 Å². The maximum atomic E-state index is 12.2. The molecule has 37 heavy (non-hydrogen) atoms. The largest absolute Gasteiger partial charge is 0.392 e. The van der Waals surface area contributed by atoms with Crippen molar-refractivity contribution in [3.8, 4) is 0 Å². The number of nitrogens with zero attached hydrogens (tertiary/aromatic N) is 1. The standard InChI is InChI=1S/C28H35Cl3N2O4/c1-19-24(17-33-14-5-3-2-4-6-15-33)36-26(37-25(19)21-12-10-20(18-34)11-13-21)22-8-7-9-23(16-22)32-27(35)28(29,30)31/h7-13,16,19,24-26,34H,2-6,14-15,17-18H2,1H3,(H,32,35)/t19-,24+,25+,26+/m0/s1. The van der Waals surface area contributed by atoms with E-state index in [1.165, 1.54) is 32.1 Å². The highest BCUT2D eigenvalue weighted by atomic mass is 35.6. The summed E-state index contributed by atoms with van der Waals surface area (Å²) in [4.78, 5) is 14.7. The second-order valence-electron chi connectivity index (χ2n) is 9.97. The molecule has 0 saturated carbocycles. The predicted octanol–water partition coefficient (Wildman–Crippen LogP) is 6.55. The Morgan fingerprint density at radius 1 is 1.00 bits per heavy atom. The van der Waals surface area contributed by atoms with E-state index in [1.54, 1.807) is 12.1 Å². The first-order valence-corrected chi connectivity index (χ1v) is 14.1. The van der Waals surface area contributed by atoms with Crippen LogP contribution < -0.4 is 5.32 Å². The van der Waals surface area contributed by atoms with E-state index in [4.69, 9.17) is 44.3 Å². The molecule has 0 aliphatic carbocycles. The SMILES string of the molecule is C[C@H]1[C@@H](CN2CCCCCCC2)O[C@@H](c2cccc(NC(=O)C(Cl)(Cl)Cl)c2)O[C@H]1c1ccc(CO)cc1. The molecule has 2 aromatic rings. The molecule has 2 aromatic carbocycles. The molecule has 0 unspecified atom stereocenters. The van der Waals surface area contributed by atoms with Crippen molar-refractivity contribution < 1.29 is 19.4 Å². The molecular weight excluding hydrogens is 535 g/mol. The molecule has 4 rings (SSSR count). The summed E-state index contributed by atoms with van der Waals surface area (Å²) in [6, 6.07) is 15.1. The van der Waals surface area contributed by atoms with Crippen molar-refractivity contribution in [2.75, 3.05) is 25.0 Å². The van der Waals surface area contributed by atoms with Crippen LogP contribution in [0.1, 0.15) is 68.1 Å². The second kappa shape index (κ2) is 13.1. The fourth-order valence-electron chi connectivity index (χ4n) is 5.04. The Bertz CT molecular complexity index is 1020. The minimum absolute atomic E-state index is 0.00260. The van der Waals surface area contributed by atoms with E-state index in [1.807, 2.05) is 36.4 Å². The third-order valence-electron chi connectivity index (χ3n) is 7.18. The molecule has 2 N–H and O–H groups in total. The van der Waals surface area contributed by atoms with E-state index in [2.05, 4.69) is 17.1 Å². The van der Waals surface area contributed by atoms with E-state index >= 15 is 0 Å². The molecule has 4 atom stereocenters. The van der Waals surface area contributed by atoms with E-state index < -0.39 is 16.0 Å². The van der Waals surface area contributed by atoms with E-state index in [0.29, 0.717) is 5.69 Å². The molecule has 2 fully saturated rings. The van der Waals surface area contributed by atoms with Crippen LogP contribution in [0, 0.1) is 5.92 Å². The number of hydrogen-bond donors (Lipinski definition) is 2. The van der Waals surface area contributed by atoms with E-state index in [-0.39, 0.29) is 24.7 Å². The Labute approximate surface area is 234 Å². The number of hydrogen-bond acceptors (Lipinski definition) is 5. The summed E-state index contributed by atoms with van der Waals surface area (Å²) in [5.41, 5.74) is 3.15. The Morgan fingerprint density at radius 3 is 2.32 bits per heavy atom. The molecule has 0 spiro atoms. The fourth-order valence-corrected chi connectivity index (χ4v) is 5.18. The number of benzene rings is 2. The number of anilines is 1. The van der Waals surface area contributed by atoms with Gasteiger partial charge in [0.25, 0.3) is 9.70 Å². The van der Waals surface area contributed by atoms with Crippen molar-refractivity contribution in [1.29, 1.82) is 0 Å². The molecule has 202 valence electrons. The van der Waals surface area contributed by atoms with Crippen LogP contribution in [-0.2, 0) is 20.9 Å². The van der Waals surface area contributed by atoms with Gasteiger partial charge in [0.1, 0.15) is 0 Å². The zero-order chi connectivity index (χ0) is 26.4. The molecule has 2 aliphatic heterocycles. The number of likely N-dealkylation sites (tertiary alicyclic amines) is 1. The average Bonchev–Trinajstić information content (AvgIpc) is 2.86. The summed E-state index contributed by atoms with van der Waals surface area (Å²) in [7, 11) is 0. The van der Waals surface area contributed by atoms with Crippen molar-refractivity contribution in [1.82, 2.24) is 4.90 Å². The van der Waals surface area contributed by atoms with Gasteiger partial charge in [0.05, 0.1) is 18.8 Å². The van der Waals surface area contributed by atoms with Crippen LogP contribution >= 0.6 is 34.8 Å². The Morgan fingerprint density at radius 2 is 1.68 bits per heavy atom. The monoisotopic (exact) mass is 568 g/mol. The lowest BCUT2D eigenvalue weighted by Gasteiger charge is -2.43. The highest BCUT2D eigenvalue weighted by Crippen LogP contribution is 2.42. The van der Waals surface area contributed by atoms with Crippen LogP contribution in [0.25, 0.3) is 0 Å². The number of carbonyl (C=O) groups is 1. The number of alkyl halides is 3. The first kappa shape index (κ1) is 28.6. The lowest BCUT2D eigenvalue weighted by Crippen LogP contribution is -2.45. The summed E-state index contributed by atoms with van der Waals surface area (Å²) in [6.07, 6.45) is 5.38. The van der Waals surface area contributed by atoms with Crippen LogP contribution in [0.5, 0.6) is 0 Å². The van der Waals surface area contributed by atoms with Gasteiger partial charge in [-0.25, -0.2) is 0 Å². The van der Waals surface area contributed by atoms with Crippen molar-refractivity contribution in [3.63, 3.8) is 0 Å². The summed E-state index contributed by atoms with van der Waals surface area (Å²) < 4.78 is 11.1. The molecular formula is C28H35Cl3N2O4. The summed E-state index contributed by atoms with van der Waals surface area (Å²) in [6.45, 7) is 5.15. The smallest absolute Gasteiger partial charge is 0.276 e. The van der Waals surface area contributed by atoms with Crippen molar-refractivity contribution in [2.45, 2.75) is 67.9 Å². The highest BCUT2D eigenvalue weighted by Gasteiger charge is 2.39. The number of aliphatic hydroxyl groups excluding tert-OH is 1. The van der Waals surface area contributed by atoms with Crippen LogP contribution in [0.2, 0.25) is 0 Å². The summed E-state index contributed by atoms with van der Waals surface area (Å²) >= 11 is 17.2. The first-order chi connectivity index (χ1) is 17.7. The summed E-state index contributed by atoms with van der Waals surface area (Å²) in [5.74, 6) is -0.625. The van der Waals surface area contributed by atoms with Gasteiger partial charge in [-0.1, -0.05) is 97.4 Å². The minimum atomic E-state index is -2.06. The molecule has 6 nitrogen and oxygen atoms in total. The molecule has 1 amide bonds. The number of amides is 1. The van der Waals surface area contributed by atoms with Crippen LogP contribution in [-0.4, -0.2) is 45.4 Å². The number of halogens is 3. The molecule has 2 aliphatic rings. The quantitative estimate of drug-likeness (QED) is 0.386. The second-order valence-corrected chi connectivity index (χ2v) is 12.2. The number of nitrogens with one attached hydrogen (secondary N) is 1. The normalized spacial score (nSPS) is 25.8. The molecule has 2 heterocycles. The van der Waals surface area contributed by atoms with Gasteiger partial charge in [0.2, 0.25) is 0 Å². The first-order valence-electron chi connectivity index (χ1n) is 13.0. The number of aliphatic hydroxyl groups is 1. The molecule has 0 radical (unpaired) electrons. The minimum Gasteiger partial charge on any atom is -0.392 e. The van der Waals surface area contributed by atoms with Crippen molar-refractivity contribution >= 4 is 46.4 Å². The lowest BCUT2D eigenvalue weighted by atomic mass is 9.89. The average molecular weight is 570 g/mol. The van der Waals surface area contributed by atoms with Crippen molar-refractivity contribution in [3.05, 3.63) is 65.2 Å². The molecule has 0 bridgehead atoms. The van der Waals surface area contributed by atoms with Gasteiger partial charge >= 0.3 is 0 Å². The maximum Gasteiger partial charge on any atom is 0.276 e. The molecule has 2 saturated heterocycles. The van der Waals surface area contributed by atoms with Crippen molar-refractivity contribution in [2.24, 2.45) is 5.92 Å². The van der Waals surface area contributed by atoms with Gasteiger partial charge in [0, 0.05) is 23.7 Å². The fraction of sp³-hybridized carbons (Fsp3) is 0.536. The zero-order valence-corrected chi connectivity index (χ0v) is 23.3. The third-order valence-corrected chi connectivity index (χ3v) is 7.70. The molecule has 9 heteroatoms. The van der Waals surface area contributed by atoms with Gasteiger partial charge in [-0.3, -0.25) is 4.79 Å². The van der Waals surface area contributed by atoms with Crippen LogP contribution in [0.4, 0.5) is 5.69 Å². The van der Waals surface area contributed by atoms with Gasteiger partial charge in [-0.15, -0.1) is 0 Å². The van der Waals surface area contributed by atoms with Gasteiger partial charge < -0.3 is 24.8 Å². The Hall–Kier alpha value is -1.38. The predicted molar refractivity (Wildman–Crippen MR) is 148 cm³/mol. The Kier molecular flexibility index (Phi) is 10.1. The lowest BCUT2D eigenvalue weighted by molar-refractivity contribution is -0.276. The van der Waals surface area contributed by atoms with E-state index in [0.717, 1.165) is 36.3 Å². The van der Waals surface area contributed by atoms with Crippen LogP contribution in [0.3, 0.4) is 0 Å². The van der Waals surface area contributed by atoms with Gasteiger partial charge in [-0.05, 0) is 49.2 Å². The highest BCUT2D eigenvalue weighted by molar-refractivity contribution is 6.76. The van der Waals surface area contributed by atoms with Gasteiger partial charge in [0.15, 0.2) is 6.29 Å². The number of rotatable bonds is 6. The maximum absolute atomic E-state index is 12.2. The Balaban J connectivity index is 1.58. The summed E-state index contributed by atoms with van der Waals surface area (Å²) in [5, 5.41) is 12.1.